The highest BCUT2D eigenvalue weighted by Gasteiger charge is 2.16. The second-order valence-corrected chi connectivity index (χ2v) is 2.65. The Balaban J connectivity index is 3.15. The van der Waals surface area contributed by atoms with Crippen LogP contribution in [0, 0.1) is 0 Å². The van der Waals surface area contributed by atoms with Crippen LogP contribution in [0.3, 0.4) is 0 Å². The van der Waals surface area contributed by atoms with Gasteiger partial charge in [0.15, 0.2) is 5.78 Å². The van der Waals surface area contributed by atoms with E-state index in [1.54, 1.807) is 6.92 Å². The van der Waals surface area contributed by atoms with E-state index < -0.39 is 0 Å². The lowest BCUT2D eigenvalue weighted by molar-refractivity contribution is 0.0984. The van der Waals surface area contributed by atoms with E-state index in [-0.39, 0.29) is 23.0 Å². The molecular weight excluding hydrogens is 182 g/mol. The van der Waals surface area contributed by atoms with Crippen molar-refractivity contribution in [3.8, 4) is 5.88 Å². The van der Waals surface area contributed by atoms with Crippen LogP contribution in [-0.2, 0) is 0 Å². The van der Waals surface area contributed by atoms with Crippen molar-refractivity contribution in [3.05, 3.63) is 11.9 Å². The summed E-state index contributed by atoms with van der Waals surface area (Å²) < 4.78 is 5.19. The SMILES string of the molecule is CCOc1ncnc(N)c1C(=O)CC. The lowest BCUT2D eigenvalue weighted by Crippen LogP contribution is -2.09. The molecular formula is C9H13N3O2. The Labute approximate surface area is 82.3 Å². The molecule has 1 heterocycles. The molecule has 0 amide bonds. The van der Waals surface area contributed by atoms with E-state index in [4.69, 9.17) is 10.5 Å². The number of anilines is 1. The number of rotatable bonds is 4. The fraction of sp³-hybridized carbons (Fsp3) is 0.444. The van der Waals surface area contributed by atoms with Gasteiger partial charge in [-0.3, -0.25) is 4.79 Å². The van der Waals surface area contributed by atoms with E-state index in [0.29, 0.717) is 13.0 Å². The maximum atomic E-state index is 11.5. The standard InChI is InChI=1S/C9H13N3O2/c1-3-6(13)7-8(10)11-5-12-9(7)14-4-2/h5H,3-4H2,1-2H3,(H2,10,11,12). The van der Waals surface area contributed by atoms with Crippen LogP contribution >= 0.6 is 0 Å². The first-order chi connectivity index (χ1) is 6.70. The van der Waals surface area contributed by atoms with Gasteiger partial charge in [0.2, 0.25) is 5.88 Å². The third kappa shape index (κ3) is 1.99. The van der Waals surface area contributed by atoms with Crippen LogP contribution in [0.15, 0.2) is 6.33 Å². The quantitative estimate of drug-likeness (QED) is 0.726. The van der Waals surface area contributed by atoms with Crippen LogP contribution in [0.5, 0.6) is 5.88 Å². The van der Waals surface area contributed by atoms with E-state index in [0.717, 1.165) is 0 Å². The molecule has 0 aliphatic rings. The minimum Gasteiger partial charge on any atom is -0.477 e. The normalized spacial score (nSPS) is 9.86. The van der Waals surface area contributed by atoms with Gasteiger partial charge in [-0.2, -0.15) is 0 Å². The molecule has 0 unspecified atom stereocenters. The second kappa shape index (κ2) is 4.55. The summed E-state index contributed by atoms with van der Waals surface area (Å²) in [5.74, 6) is 0.341. The maximum absolute atomic E-state index is 11.5. The van der Waals surface area contributed by atoms with Gasteiger partial charge in [0, 0.05) is 6.42 Å². The Morgan fingerprint density at radius 3 is 2.79 bits per heavy atom. The first kappa shape index (κ1) is 10.4. The zero-order chi connectivity index (χ0) is 10.6. The first-order valence-electron chi connectivity index (χ1n) is 4.47. The molecule has 14 heavy (non-hydrogen) atoms. The Morgan fingerprint density at radius 1 is 1.50 bits per heavy atom. The molecule has 1 rings (SSSR count). The second-order valence-electron chi connectivity index (χ2n) is 2.65. The first-order valence-corrected chi connectivity index (χ1v) is 4.47. The average molecular weight is 195 g/mol. The van der Waals surface area contributed by atoms with Gasteiger partial charge in [0.25, 0.3) is 0 Å². The third-order valence-corrected chi connectivity index (χ3v) is 1.72. The van der Waals surface area contributed by atoms with E-state index in [1.165, 1.54) is 6.33 Å². The number of aromatic nitrogens is 2. The Bertz CT molecular complexity index is 339. The molecule has 2 N–H and O–H groups in total. The summed E-state index contributed by atoms with van der Waals surface area (Å²) in [6.07, 6.45) is 1.64. The highest BCUT2D eigenvalue weighted by atomic mass is 16.5. The molecule has 0 saturated carbocycles. The van der Waals surface area contributed by atoms with Gasteiger partial charge in [0.05, 0.1) is 6.61 Å². The van der Waals surface area contributed by atoms with Crippen molar-refractivity contribution in [2.45, 2.75) is 20.3 Å². The summed E-state index contributed by atoms with van der Waals surface area (Å²) in [7, 11) is 0. The highest BCUT2D eigenvalue weighted by molar-refractivity contribution is 6.01. The molecule has 0 aromatic carbocycles. The number of hydrogen-bond donors (Lipinski definition) is 1. The average Bonchev–Trinajstić information content (AvgIpc) is 2.18. The van der Waals surface area contributed by atoms with Crippen molar-refractivity contribution >= 4 is 11.6 Å². The maximum Gasteiger partial charge on any atom is 0.229 e. The van der Waals surface area contributed by atoms with Crippen LogP contribution in [0.25, 0.3) is 0 Å². The number of nitrogens with zero attached hydrogens (tertiary/aromatic N) is 2. The summed E-state index contributed by atoms with van der Waals surface area (Å²) >= 11 is 0. The molecule has 1 aromatic heterocycles. The molecule has 0 spiro atoms. The van der Waals surface area contributed by atoms with Gasteiger partial charge in [-0.05, 0) is 6.92 Å². The van der Waals surface area contributed by atoms with Crippen LogP contribution in [0.1, 0.15) is 30.6 Å². The lowest BCUT2D eigenvalue weighted by Gasteiger charge is -2.08. The smallest absolute Gasteiger partial charge is 0.229 e. The Morgan fingerprint density at radius 2 is 2.21 bits per heavy atom. The van der Waals surface area contributed by atoms with Crippen LogP contribution < -0.4 is 10.5 Å². The zero-order valence-electron chi connectivity index (χ0n) is 8.28. The van der Waals surface area contributed by atoms with E-state index >= 15 is 0 Å². The number of ether oxygens (including phenoxy) is 1. The number of carbonyl (C=O) groups excluding carboxylic acids is 1. The molecule has 0 bridgehead atoms. The van der Waals surface area contributed by atoms with Crippen LogP contribution in [0.4, 0.5) is 5.82 Å². The van der Waals surface area contributed by atoms with Crippen molar-refractivity contribution in [1.29, 1.82) is 0 Å². The molecule has 1 aromatic rings. The molecule has 5 nitrogen and oxygen atoms in total. The molecule has 0 aliphatic heterocycles. The monoisotopic (exact) mass is 195 g/mol. The van der Waals surface area contributed by atoms with Crippen molar-refractivity contribution in [2.75, 3.05) is 12.3 Å². The molecule has 0 saturated heterocycles. The van der Waals surface area contributed by atoms with Gasteiger partial charge < -0.3 is 10.5 Å². The molecule has 0 radical (unpaired) electrons. The fourth-order valence-electron chi connectivity index (χ4n) is 1.07. The number of Topliss-reactive ketones (excluding diaryl/α,β-unsaturated/α-hetero) is 1. The van der Waals surface area contributed by atoms with Gasteiger partial charge in [-0.25, -0.2) is 9.97 Å². The topological polar surface area (TPSA) is 78.1 Å². The summed E-state index contributed by atoms with van der Waals surface area (Å²) in [5, 5.41) is 0. The van der Waals surface area contributed by atoms with Gasteiger partial charge >= 0.3 is 0 Å². The van der Waals surface area contributed by atoms with Crippen molar-refractivity contribution in [2.24, 2.45) is 0 Å². The lowest BCUT2D eigenvalue weighted by atomic mass is 10.1. The van der Waals surface area contributed by atoms with Crippen LogP contribution in [0.2, 0.25) is 0 Å². The third-order valence-electron chi connectivity index (χ3n) is 1.72. The summed E-state index contributed by atoms with van der Waals surface area (Å²) in [4.78, 5) is 19.1. The summed E-state index contributed by atoms with van der Waals surface area (Å²) in [5.41, 5.74) is 5.86. The molecule has 0 fully saturated rings. The highest BCUT2D eigenvalue weighted by Crippen LogP contribution is 2.20. The predicted octanol–water partition coefficient (Wildman–Crippen LogP) is 1.05. The van der Waals surface area contributed by atoms with Crippen molar-refractivity contribution in [1.82, 2.24) is 9.97 Å². The largest absolute Gasteiger partial charge is 0.477 e. The van der Waals surface area contributed by atoms with E-state index in [1.807, 2.05) is 6.92 Å². The van der Waals surface area contributed by atoms with Crippen molar-refractivity contribution < 1.29 is 9.53 Å². The summed E-state index contributed by atoms with van der Waals surface area (Å²) in [6, 6.07) is 0. The molecule has 5 heteroatoms. The van der Waals surface area contributed by atoms with E-state index in [9.17, 15) is 4.79 Å². The number of carbonyl (C=O) groups is 1. The minimum absolute atomic E-state index is 0.105. The number of hydrogen-bond acceptors (Lipinski definition) is 5. The number of ketones is 1. The zero-order valence-corrected chi connectivity index (χ0v) is 8.28. The molecule has 0 aliphatic carbocycles. The van der Waals surface area contributed by atoms with Gasteiger partial charge in [-0.1, -0.05) is 6.92 Å². The van der Waals surface area contributed by atoms with Gasteiger partial charge in [0.1, 0.15) is 17.7 Å². The number of nitrogen functional groups attached to an aromatic ring is 1. The Kier molecular flexibility index (Phi) is 3.39. The fourth-order valence-corrected chi connectivity index (χ4v) is 1.07. The predicted molar refractivity (Wildman–Crippen MR) is 52.2 cm³/mol. The van der Waals surface area contributed by atoms with Crippen molar-refractivity contribution in [3.63, 3.8) is 0 Å². The number of nitrogens with two attached hydrogens (primary N) is 1. The summed E-state index contributed by atoms with van der Waals surface area (Å²) in [6.45, 7) is 4.02. The molecule has 0 atom stereocenters. The Hall–Kier alpha value is -1.65. The molecule has 76 valence electrons. The van der Waals surface area contributed by atoms with Gasteiger partial charge in [-0.15, -0.1) is 0 Å². The minimum atomic E-state index is -0.105. The van der Waals surface area contributed by atoms with Crippen LogP contribution in [-0.4, -0.2) is 22.4 Å². The van der Waals surface area contributed by atoms with E-state index in [2.05, 4.69) is 9.97 Å².